The summed E-state index contributed by atoms with van der Waals surface area (Å²) in [6.45, 7) is 8.48. The summed E-state index contributed by atoms with van der Waals surface area (Å²) >= 11 is 0. The number of quaternary nitrogens is 3. The summed E-state index contributed by atoms with van der Waals surface area (Å²) in [7, 11) is 19.8. The molecule has 15 rings (SSSR count). The predicted molar refractivity (Wildman–Crippen MR) is 425 cm³/mol. The van der Waals surface area contributed by atoms with Gasteiger partial charge in [-0.2, -0.15) is 0 Å². The molecule has 0 atom stereocenters. The number of benzene rings is 14. The molecular weight excluding hydrogens is 1220 g/mol. The van der Waals surface area contributed by atoms with E-state index in [9.17, 15) is 9.59 Å². The van der Waals surface area contributed by atoms with Gasteiger partial charge in [-0.3, -0.25) is 23.0 Å². The normalized spacial score (nSPS) is 13.0. The lowest BCUT2D eigenvalue weighted by molar-refractivity contribution is 0.0892. The van der Waals surface area contributed by atoms with Gasteiger partial charge in [-0.1, -0.05) is 197 Å². The molecule has 0 bridgehead atoms. The number of amides is 2. The Bertz CT molecular complexity index is 5240. The summed E-state index contributed by atoms with van der Waals surface area (Å²) in [5, 5.41) is 8.16. The second kappa shape index (κ2) is 24.7. The van der Waals surface area contributed by atoms with Crippen molar-refractivity contribution in [1.29, 1.82) is 0 Å². The molecule has 0 saturated heterocycles. The largest absolute Gasteiger partial charge is 0.298 e. The molecule has 0 fully saturated rings. The number of para-hydroxylation sites is 1. The molecule has 14 aromatic rings. The van der Waals surface area contributed by atoms with Gasteiger partial charge in [0.2, 0.25) is 0 Å². The zero-order valence-electron chi connectivity index (χ0n) is 59.7. The van der Waals surface area contributed by atoms with Crippen LogP contribution >= 0.6 is 0 Å². The fraction of sp³-hybridized carbons (Fsp3) is 0.170. The molecule has 14 aromatic carbocycles. The summed E-state index contributed by atoms with van der Waals surface area (Å²) < 4.78 is 2.25. The van der Waals surface area contributed by atoms with Gasteiger partial charge in [0.05, 0.1) is 74.5 Å². The second-order valence-electron chi connectivity index (χ2n) is 30.6. The number of nitrogens with zero attached hydrogens (tertiary/aromatic N) is 4. The van der Waals surface area contributed by atoms with Gasteiger partial charge in [0.1, 0.15) is 17.1 Å². The number of rotatable bonds is 14. The van der Waals surface area contributed by atoms with Crippen LogP contribution in [0, 0.1) is 11.8 Å². The third kappa shape index (κ3) is 11.3. The second-order valence-corrected chi connectivity index (χ2v) is 30.6. The summed E-state index contributed by atoms with van der Waals surface area (Å²) in [5.41, 5.74) is 22.4. The summed E-state index contributed by atoms with van der Waals surface area (Å²) in [4.78, 5) is 31.4. The van der Waals surface area contributed by atoms with E-state index in [1.54, 1.807) is 0 Å². The van der Waals surface area contributed by atoms with Gasteiger partial charge in [0, 0.05) is 27.6 Å². The highest BCUT2D eigenvalue weighted by Crippen LogP contribution is 2.50. The Morgan fingerprint density at radius 1 is 0.300 bits per heavy atom. The van der Waals surface area contributed by atoms with E-state index in [2.05, 4.69) is 352 Å². The van der Waals surface area contributed by atoms with Crippen LogP contribution in [0.15, 0.2) is 267 Å². The van der Waals surface area contributed by atoms with Gasteiger partial charge in [-0.25, -0.2) is 4.90 Å². The molecule has 100 heavy (non-hydrogen) atoms. The topological polar surface area (TPSA) is 37.4 Å². The first-order valence-corrected chi connectivity index (χ1v) is 35.0. The lowest BCUT2D eigenvalue weighted by atomic mass is 9.64. The fourth-order valence-corrected chi connectivity index (χ4v) is 15.5. The van der Waals surface area contributed by atoms with Crippen molar-refractivity contribution in [3.05, 3.63) is 323 Å². The molecule has 490 valence electrons. The van der Waals surface area contributed by atoms with Crippen LogP contribution in [0.4, 0.5) is 22.7 Å². The third-order valence-electron chi connectivity index (χ3n) is 20.9. The summed E-state index contributed by atoms with van der Waals surface area (Å²) in [6.07, 6.45) is 0. The number of carbonyl (C=O) groups excluding carboxylic acids is 2. The van der Waals surface area contributed by atoms with E-state index in [-0.39, 0.29) is 23.7 Å². The fourth-order valence-electron chi connectivity index (χ4n) is 15.5. The van der Waals surface area contributed by atoms with Gasteiger partial charge in [-0.05, 0) is 237 Å². The number of anilines is 1. The molecule has 0 radical (unpaired) electrons. The average Bonchev–Trinajstić information content (AvgIpc) is 0.695. The van der Waals surface area contributed by atoms with Crippen LogP contribution in [0.5, 0.6) is 0 Å². The number of carbonyl (C=O) groups is 2. The Kier molecular flexibility index (Phi) is 16.1. The Hall–Kier alpha value is -11.0. The third-order valence-corrected chi connectivity index (χ3v) is 20.9. The minimum atomic E-state index is -0.754. The van der Waals surface area contributed by atoms with Gasteiger partial charge in [0.25, 0.3) is 11.8 Å². The van der Waals surface area contributed by atoms with Crippen LogP contribution in [0.25, 0.3) is 87.6 Å². The van der Waals surface area contributed by atoms with E-state index in [0.717, 1.165) is 135 Å². The van der Waals surface area contributed by atoms with Gasteiger partial charge in [0.15, 0.2) is 0 Å². The van der Waals surface area contributed by atoms with Crippen molar-refractivity contribution < 1.29 is 9.59 Å². The van der Waals surface area contributed by atoms with Gasteiger partial charge < -0.3 is 0 Å². The molecule has 1 aliphatic rings. The highest BCUT2D eigenvalue weighted by atomic mass is 16.2. The van der Waals surface area contributed by atoms with Crippen molar-refractivity contribution in [2.45, 2.75) is 44.9 Å². The number of imide groups is 1. The Morgan fingerprint density at radius 2 is 0.630 bits per heavy atom. The van der Waals surface area contributed by atoms with E-state index in [0.29, 0.717) is 11.1 Å². The smallest absolute Gasteiger partial charge is 0.266 e. The maximum Gasteiger partial charge on any atom is 0.266 e. The predicted octanol–water partition coefficient (Wildman–Crippen LogP) is 21.8. The molecule has 6 heteroatoms. The first-order valence-electron chi connectivity index (χ1n) is 35.0. The van der Waals surface area contributed by atoms with Crippen molar-refractivity contribution in [2.24, 2.45) is 0 Å². The Morgan fingerprint density at radius 3 is 1.03 bits per heavy atom. The molecule has 0 spiro atoms. The number of hydrogen-bond donors (Lipinski definition) is 0. The molecule has 6 nitrogen and oxygen atoms in total. The quantitative estimate of drug-likeness (QED) is 0.0272. The summed E-state index contributed by atoms with van der Waals surface area (Å²) in [6, 6.07) is 97.4. The molecular formula is C94H85N4O2+3. The van der Waals surface area contributed by atoms with Crippen LogP contribution in [0.1, 0.15) is 105 Å². The monoisotopic (exact) mass is 1300 g/mol. The van der Waals surface area contributed by atoms with Crippen molar-refractivity contribution in [1.82, 2.24) is 13.4 Å². The lowest BCUT2D eigenvalue weighted by Crippen LogP contribution is -2.41. The van der Waals surface area contributed by atoms with Crippen LogP contribution in [0.3, 0.4) is 0 Å². The van der Waals surface area contributed by atoms with Crippen LogP contribution in [0.2, 0.25) is 0 Å². The number of hydrogen-bond acceptors (Lipinski definition) is 2. The molecule has 2 amide bonds. The average molecular weight is 1300 g/mol. The standard InChI is InChI=1S/C94H85N4O2/c1-60(2)78-19-15-20-79(61(3)4)91(78)95-92(99)86-57-55-84-82-22-16-21-81-80(53-54-83(88(81)82)85-56-58-87(93(95)100)90(86)89(84)85)70-18-14-17-63(59-70)24-23-62-25-39-71(40-26-62)94(72-41-27-64(28-42-72)67-33-47-75(48-34-67)96(5,6)7,73-43-29-65(30-44-73)68-35-49-76(50-36-68)97(8,9)10)74-45-31-66(32-46-74)69-37-51-77(52-38-69)98(11,12)13/h14-22,25-61H,1-13H3/q+3. The highest BCUT2D eigenvalue weighted by Gasteiger charge is 2.40. The molecule has 0 unspecified atom stereocenters. The zero-order valence-corrected chi connectivity index (χ0v) is 59.7. The van der Waals surface area contributed by atoms with E-state index >= 15 is 0 Å². The molecule has 0 saturated carbocycles. The van der Waals surface area contributed by atoms with Crippen molar-refractivity contribution in [3.8, 4) is 56.3 Å². The molecule has 1 heterocycles. The van der Waals surface area contributed by atoms with E-state index in [4.69, 9.17) is 0 Å². The number of fused-ring (bicyclic) bond motifs is 2. The maximum absolute atomic E-state index is 15.0. The lowest BCUT2D eigenvalue weighted by Gasteiger charge is -2.37. The minimum Gasteiger partial charge on any atom is -0.298 e. The maximum atomic E-state index is 15.0. The molecule has 0 aliphatic carbocycles. The van der Waals surface area contributed by atoms with Crippen molar-refractivity contribution in [3.63, 3.8) is 0 Å². The van der Waals surface area contributed by atoms with Gasteiger partial charge in [-0.15, -0.1) is 0 Å². The van der Waals surface area contributed by atoms with E-state index in [1.807, 2.05) is 18.2 Å². The van der Waals surface area contributed by atoms with Crippen LogP contribution in [-0.4, -0.2) is 75.2 Å². The van der Waals surface area contributed by atoms with Crippen LogP contribution < -0.4 is 18.3 Å². The van der Waals surface area contributed by atoms with Gasteiger partial charge >= 0.3 is 0 Å². The first kappa shape index (κ1) is 64.9. The van der Waals surface area contributed by atoms with Crippen molar-refractivity contribution >= 4 is 77.7 Å². The zero-order chi connectivity index (χ0) is 69.7. The Balaban J connectivity index is 0.808. The minimum absolute atomic E-state index is 0.109. The molecule has 0 aromatic heterocycles. The molecule has 1 aliphatic heterocycles. The summed E-state index contributed by atoms with van der Waals surface area (Å²) in [5.74, 6) is 6.85. The molecule has 0 N–H and O–H groups in total. The van der Waals surface area contributed by atoms with Crippen molar-refractivity contribution in [2.75, 3.05) is 68.3 Å². The SMILES string of the molecule is CC(C)c1cccc(C(C)C)c1N1C(=O)c2ccc3c4cccc5c(-c6cccc(C#Cc7ccc(C(c8ccc(-c9ccc([N+](C)(C)C)cc9)cc8)(c8ccc(-c9ccc([N+](C)(C)C)cc9)cc8)c8ccc(-c9ccc([N+](C)(C)C)cc9)cc8)cc7)c6)ccc(c6ccc(c2c36)C1=O)c54. The first-order chi connectivity index (χ1) is 47.9. The Labute approximate surface area is 589 Å². The van der Waals surface area contributed by atoms with Crippen LogP contribution in [-0.2, 0) is 5.41 Å². The van der Waals surface area contributed by atoms with E-state index in [1.165, 1.54) is 38.7 Å². The van der Waals surface area contributed by atoms with E-state index < -0.39 is 5.41 Å². The highest BCUT2D eigenvalue weighted by molar-refractivity contribution is 6.42.